The van der Waals surface area contributed by atoms with Crippen molar-refractivity contribution in [1.29, 1.82) is 0 Å². The van der Waals surface area contributed by atoms with E-state index in [1.165, 1.54) is 13.1 Å². The van der Waals surface area contributed by atoms with Crippen molar-refractivity contribution in [1.82, 2.24) is 10.3 Å². The molecule has 1 rings (SSSR count). The molecule has 1 aromatic rings. The number of amides is 1. The van der Waals surface area contributed by atoms with Gasteiger partial charge in [0.2, 0.25) is 0 Å². The van der Waals surface area contributed by atoms with Crippen molar-refractivity contribution >= 4 is 12.2 Å². The van der Waals surface area contributed by atoms with Gasteiger partial charge in [-0.2, -0.15) is 6.41 Å². The quantitative estimate of drug-likeness (QED) is 0.404. The Morgan fingerprint density at radius 1 is 1.62 bits per heavy atom. The van der Waals surface area contributed by atoms with Gasteiger partial charge in [0, 0.05) is 60.3 Å². The molecule has 0 saturated heterocycles. The monoisotopic (exact) mass is 463 g/mol. The van der Waals surface area contributed by atoms with Crippen LogP contribution in [0.1, 0.15) is 28.5 Å². The van der Waals surface area contributed by atoms with Crippen molar-refractivity contribution in [3.05, 3.63) is 29.1 Å². The summed E-state index contributed by atoms with van der Waals surface area (Å²) in [5.74, 6) is -0.0345. The van der Waals surface area contributed by atoms with Gasteiger partial charge in [0.25, 0.3) is 0 Å². The van der Waals surface area contributed by atoms with Crippen LogP contribution in [-0.4, -0.2) is 17.2 Å². The Bertz CT molecular complexity index is 372. The van der Waals surface area contributed by atoms with E-state index in [2.05, 4.69) is 16.4 Å². The summed E-state index contributed by atoms with van der Waals surface area (Å²) < 4.78 is 0. The van der Waals surface area contributed by atoms with Gasteiger partial charge in [-0.25, -0.2) is 11.6 Å². The van der Waals surface area contributed by atoms with Crippen LogP contribution in [0.4, 0.5) is 0 Å². The fraction of sp³-hybridized carbons (Fsp3) is 0.300. The predicted octanol–water partition coefficient (Wildman–Crippen LogP) is 0.545. The molecular formula is C10H10N2O2WY-2. The van der Waals surface area contributed by atoms with E-state index in [4.69, 9.17) is 0 Å². The third-order valence-electron chi connectivity index (χ3n) is 1.79. The first-order chi connectivity index (χ1) is 6.65. The number of nitrogens with zero attached hydrogens (tertiary/aromatic N) is 1. The molecule has 0 aliphatic carbocycles. The predicted molar refractivity (Wildman–Crippen MR) is 50.3 cm³/mol. The van der Waals surface area contributed by atoms with Gasteiger partial charge in [-0.05, 0) is 18.8 Å². The van der Waals surface area contributed by atoms with Gasteiger partial charge in [-0.1, -0.05) is 6.92 Å². The minimum Gasteiger partial charge on any atom is -0.526 e. The standard InChI is InChI=1S/C10H10N2O2.W.Y/c1-7-3-9(4-11-6-13)12-5-10(7)8(2)14;;/h5H,4H2,1-2H3,(H,11,13);;/q-2;;. The summed E-state index contributed by atoms with van der Waals surface area (Å²) in [5.41, 5.74) is 1.90. The topological polar surface area (TPSA) is 59.1 Å². The van der Waals surface area contributed by atoms with Crippen molar-refractivity contribution in [3.63, 3.8) is 0 Å². The first-order valence-corrected chi connectivity index (χ1v) is 4.14. The third-order valence-corrected chi connectivity index (χ3v) is 1.79. The fourth-order valence-corrected chi connectivity index (χ4v) is 1.12. The summed E-state index contributed by atoms with van der Waals surface area (Å²) in [6, 6.07) is 2.92. The molecule has 0 unspecified atom stereocenters. The average molecular weight is 463 g/mol. The Morgan fingerprint density at radius 2 is 2.25 bits per heavy atom. The second kappa shape index (κ2) is 9.15. The van der Waals surface area contributed by atoms with E-state index in [0.29, 0.717) is 11.3 Å². The molecule has 0 spiro atoms. The maximum absolute atomic E-state index is 11.1. The van der Waals surface area contributed by atoms with Crippen LogP contribution in [0.25, 0.3) is 0 Å². The Morgan fingerprint density at radius 3 is 2.69 bits per heavy atom. The fourth-order valence-electron chi connectivity index (χ4n) is 1.12. The first-order valence-electron chi connectivity index (χ1n) is 4.14. The van der Waals surface area contributed by atoms with Gasteiger partial charge in [0.1, 0.15) is 0 Å². The molecule has 1 aromatic heterocycles. The summed E-state index contributed by atoms with van der Waals surface area (Å²) in [6.07, 6.45) is 3.04. The number of aryl methyl sites for hydroxylation is 1. The SMILES string of the molecule is CC(=O)c1cnc(CN[C-]=O)[c-]c1C.[W].[Y]. The van der Waals surface area contributed by atoms with Crippen LogP contribution >= 0.6 is 0 Å². The largest absolute Gasteiger partial charge is 0.526 e. The summed E-state index contributed by atoms with van der Waals surface area (Å²) in [4.78, 5) is 24.9. The zero-order chi connectivity index (χ0) is 10.6. The molecule has 0 aromatic carbocycles. The van der Waals surface area contributed by atoms with Crippen LogP contribution in [0.2, 0.25) is 0 Å². The van der Waals surface area contributed by atoms with E-state index in [0.717, 1.165) is 5.56 Å². The molecule has 0 aliphatic rings. The normalized spacial score (nSPS) is 8.38. The van der Waals surface area contributed by atoms with E-state index in [1.54, 1.807) is 13.3 Å². The molecule has 6 heteroatoms. The molecule has 0 saturated carbocycles. The molecule has 0 atom stereocenters. The molecule has 0 bridgehead atoms. The van der Waals surface area contributed by atoms with E-state index in [-0.39, 0.29) is 66.1 Å². The summed E-state index contributed by atoms with van der Waals surface area (Å²) in [7, 11) is 0. The molecule has 16 heavy (non-hydrogen) atoms. The van der Waals surface area contributed by atoms with Gasteiger partial charge in [-0.3, -0.25) is 4.98 Å². The number of carbonyl (C=O) groups is 1. The molecule has 1 amide bonds. The summed E-state index contributed by atoms with van der Waals surface area (Å²) >= 11 is 0. The summed E-state index contributed by atoms with van der Waals surface area (Å²) in [5, 5.41) is 2.36. The molecule has 4 nitrogen and oxygen atoms in total. The van der Waals surface area contributed by atoms with E-state index in [1.807, 2.05) is 0 Å². The van der Waals surface area contributed by atoms with E-state index < -0.39 is 0 Å². The molecule has 1 radical (unpaired) electrons. The van der Waals surface area contributed by atoms with Crippen LogP contribution in [0.3, 0.4) is 0 Å². The Hall–Kier alpha value is 0.0822. The van der Waals surface area contributed by atoms with Crippen molar-refractivity contribution in [3.8, 4) is 0 Å². The van der Waals surface area contributed by atoms with Crippen molar-refractivity contribution < 1.29 is 63.4 Å². The maximum atomic E-state index is 11.1. The van der Waals surface area contributed by atoms with Crippen LogP contribution in [-0.2, 0) is 65.1 Å². The Kier molecular flexibility index (Phi) is 10.5. The van der Waals surface area contributed by atoms with Crippen molar-refractivity contribution in [2.24, 2.45) is 0 Å². The Labute approximate surface area is 134 Å². The molecular weight excluding hydrogens is 453 g/mol. The second-order valence-corrected chi connectivity index (χ2v) is 2.88. The first kappa shape index (κ1) is 18.4. The number of Topliss-reactive ketones (excluding diaryl/α,β-unsaturated/α-hetero) is 1. The van der Waals surface area contributed by atoms with E-state index in [9.17, 15) is 9.59 Å². The van der Waals surface area contributed by atoms with E-state index >= 15 is 0 Å². The van der Waals surface area contributed by atoms with Gasteiger partial charge in [-0.15, -0.1) is 5.56 Å². The van der Waals surface area contributed by atoms with Gasteiger partial charge < -0.3 is 14.9 Å². The van der Waals surface area contributed by atoms with Gasteiger partial charge in [0.05, 0.1) is 5.78 Å². The number of carbonyl (C=O) groups excluding carboxylic acids is 2. The number of ketones is 1. The van der Waals surface area contributed by atoms with Crippen molar-refractivity contribution in [2.45, 2.75) is 20.4 Å². The number of pyridine rings is 1. The average Bonchev–Trinajstić information content (AvgIpc) is 2.14. The molecule has 1 N–H and O–H groups in total. The zero-order valence-electron chi connectivity index (χ0n) is 9.03. The van der Waals surface area contributed by atoms with Crippen LogP contribution in [0.5, 0.6) is 0 Å². The second-order valence-electron chi connectivity index (χ2n) is 2.88. The van der Waals surface area contributed by atoms with Gasteiger partial charge in [0.15, 0.2) is 0 Å². The summed E-state index contributed by atoms with van der Waals surface area (Å²) in [6.45, 7) is 3.55. The number of hydrogen-bond acceptors (Lipinski definition) is 3. The van der Waals surface area contributed by atoms with Crippen LogP contribution in [0.15, 0.2) is 6.20 Å². The zero-order valence-corrected chi connectivity index (χ0v) is 14.8. The van der Waals surface area contributed by atoms with Gasteiger partial charge >= 0.3 is 0 Å². The number of rotatable bonds is 4. The van der Waals surface area contributed by atoms with Crippen LogP contribution in [0, 0.1) is 13.0 Å². The maximum Gasteiger partial charge on any atom is 0.0816 e. The number of aromatic nitrogens is 1. The molecule has 0 aliphatic heterocycles. The van der Waals surface area contributed by atoms with Crippen molar-refractivity contribution in [2.75, 3.05) is 0 Å². The van der Waals surface area contributed by atoms with Crippen LogP contribution < -0.4 is 5.32 Å². The molecule has 83 valence electrons. The molecule has 1 heterocycles. The molecule has 0 fully saturated rings. The number of nitrogens with one attached hydrogen (secondary N) is 1. The minimum absolute atomic E-state index is 0. The smallest absolute Gasteiger partial charge is 0.0816 e. The Balaban J connectivity index is 0. The third kappa shape index (κ3) is 5.42. The minimum atomic E-state index is -0.0345. The number of hydrogen-bond donors (Lipinski definition) is 1.